The van der Waals surface area contributed by atoms with Crippen molar-refractivity contribution in [2.45, 2.75) is 49.3 Å². The zero-order valence-electron chi connectivity index (χ0n) is 13.7. The minimum Gasteiger partial charge on any atom is -0.366 e. The van der Waals surface area contributed by atoms with Gasteiger partial charge in [0.1, 0.15) is 0 Å². The van der Waals surface area contributed by atoms with Crippen molar-refractivity contribution in [1.82, 2.24) is 0 Å². The first kappa shape index (κ1) is 16.1. The molecule has 4 fully saturated rings. The zero-order chi connectivity index (χ0) is 16.9. The molecule has 3 N–H and O–H groups in total. The van der Waals surface area contributed by atoms with Gasteiger partial charge in [-0.1, -0.05) is 28.1 Å². The molecule has 0 aliphatic heterocycles. The topological polar surface area (TPSA) is 72.2 Å². The van der Waals surface area contributed by atoms with Crippen LogP contribution in [0.2, 0.25) is 0 Å². The van der Waals surface area contributed by atoms with Gasteiger partial charge < -0.3 is 11.1 Å². The van der Waals surface area contributed by atoms with Crippen LogP contribution >= 0.6 is 15.9 Å². The lowest BCUT2D eigenvalue weighted by Gasteiger charge is -2.60. The maximum absolute atomic E-state index is 12.7. The number of rotatable bonds is 4. The Balaban J connectivity index is 1.50. The molecule has 4 aliphatic carbocycles. The second kappa shape index (κ2) is 5.58. The van der Waals surface area contributed by atoms with Crippen LogP contribution in [0.1, 0.15) is 55.3 Å². The predicted octanol–water partition coefficient (Wildman–Crippen LogP) is 3.85. The minimum atomic E-state index is -0.514. The van der Waals surface area contributed by atoms with Crippen molar-refractivity contribution < 1.29 is 9.59 Å². The SMILES string of the molecule is NC(=O)c1ccccc1NC(=O)CC12C[C@H]3C[C@@H](CC(Br)(C3)C1)C2. The maximum atomic E-state index is 12.7. The molecule has 0 saturated heterocycles. The van der Waals surface area contributed by atoms with Crippen molar-refractivity contribution in [2.24, 2.45) is 23.0 Å². The van der Waals surface area contributed by atoms with E-state index in [-0.39, 0.29) is 15.6 Å². The van der Waals surface area contributed by atoms with Gasteiger partial charge in [-0.2, -0.15) is 0 Å². The number of nitrogens with one attached hydrogen (secondary N) is 1. The average Bonchev–Trinajstić information content (AvgIpc) is 2.43. The quantitative estimate of drug-likeness (QED) is 0.766. The van der Waals surface area contributed by atoms with Gasteiger partial charge in [-0.25, -0.2) is 0 Å². The van der Waals surface area contributed by atoms with E-state index in [0.717, 1.165) is 18.3 Å². The second-order valence-electron chi connectivity index (χ2n) is 8.25. The van der Waals surface area contributed by atoms with Crippen molar-refractivity contribution in [3.8, 4) is 0 Å². The van der Waals surface area contributed by atoms with E-state index in [9.17, 15) is 9.59 Å². The van der Waals surface area contributed by atoms with Crippen molar-refractivity contribution in [3.05, 3.63) is 29.8 Å². The van der Waals surface area contributed by atoms with Crippen LogP contribution in [0, 0.1) is 17.3 Å². The molecule has 4 saturated carbocycles. The number of halogens is 1. The summed E-state index contributed by atoms with van der Waals surface area (Å²) in [6, 6.07) is 6.95. The summed E-state index contributed by atoms with van der Waals surface area (Å²) in [7, 11) is 0. The highest BCUT2D eigenvalue weighted by Crippen LogP contribution is 2.65. The highest BCUT2D eigenvalue weighted by molar-refractivity contribution is 9.10. The first-order chi connectivity index (χ1) is 11.4. The van der Waals surface area contributed by atoms with Crippen LogP contribution in [0.25, 0.3) is 0 Å². The van der Waals surface area contributed by atoms with Crippen LogP contribution < -0.4 is 11.1 Å². The fraction of sp³-hybridized carbons (Fsp3) is 0.579. The van der Waals surface area contributed by atoms with Crippen LogP contribution in [0.15, 0.2) is 24.3 Å². The number of carbonyl (C=O) groups is 2. The molecule has 0 heterocycles. The van der Waals surface area contributed by atoms with E-state index in [1.54, 1.807) is 24.3 Å². The third kappa shape index (κ3) is 2.87. The molecular formula is C19H23BrN2O2. The smallest absolute Gasteiger partial charge is 0.250 e. The first-order valence-electron chi connectivity index (χ1n) is 8.74. The Kier molecular flexibility index (Phi) is 3.75. The Hall–Kier alpha value is -1.36. The highest BCUT2D eigenvalue weighted by Gasteiger charge is 2.57. The number of benzene rings is 1. The number of primary amides is 1. The van der Waals surface area contributed by atoms with Crippen LogP contribution in [0.3, 0.4) is 0 Å². The maximum Gasteiger partial charge on any atom is 0.250 e. The fourth-order valence-corrected chi connectivity index (χ4v) is 7.40. The molecule has 0 radical (unpaired) electrons. The number of nitrogens with two attached hydrogens (primary N) is 1. The number of alkyl halides is 1. The lowest BCUT2D eigenvalue weighted by molar-refractivity contribution is -0.123. The summed E-state index contributed by atoms with van der Waals surface area (Å²) in [6.45, 7) is 0. The Bertz CT molecular complexity index is 688. The van der Waals surface area contributed by atoms with E-state index in [0.29, 0.717) is 17.7 Å². The lowest BCUT2D eigenvalue weighted by atomic mass is 9.48. The number of amides is 2. The normalized spacial score (nSPS) is 36.5. The van der Waals surface area contributed by atoms with Crippen LogP contribution in [0.4, 0.5) is 5.69 Å². The van der Waals surface area contributed by atoms with Gasteiger partial charge in [-0.15, -0.1) is 0 Å². The van der Waals surface area contributed by atoms with Crippen LogP contribution in [-0.4, -0.2) is 16.1 Å². The summed E-state index contributed by atoms with van der Waals surface area (Å²) in [5.74, 6) is 1.01. The number of anilines is 1. The van der Waals surface area contributed by atoms with Crippen molar-refractivity contribution in [3.63, 3.8) is 0 Å². The van der Waals surface area contributed by atoms with E-state index in [1.165, 1.54) is 32.1 Å². The summed E-state index contributed by atoms with van der Waals surface area (Å²) in [4.78, 5) is 24.2. The summed E-state index contributed by atoms with van der Waals surface area (Å²) >= 11 is 3.99. The van der Waals surface area contributed by atoms with Gasteiger partial charge >= 0.3 is 0 Å². The number of hydrogen-bond donors (Lipinski definition) is 2. The Morgan fingerprint density at radius 1 is 1.17 bits per heavy atom. The van der Waals surface area contributed by atoms with E-state index < -0.39 is 5.91 Å². The molecule has 0 unspecified atom stereocenters. The second-order valence-corrected chi connectivity index (χ2v) is 9.93. The molecule has 4 bridgehead atoms. The molecular weight excluding hydrogens is 368 g/mol. The van der Waals surface area contributed by atoms with E-state index >= 15 is 0 Å². The molecule has 24 heavy (non-hydrogen) atoms. The summed E-state index contributed by atoms with van der Waals surface area (Å²) < 4.78 is 0.252. The molecule has 2 atom stereocenters. The van der Waals surface area contributed by atoms with Gasteiger partial charge in [0.15, 0.2) is 0 Å². The van der Waals surface area contributed by atoms with Gasteiger partial charge in [0.05, 0.1) is 11.3 Å². The first-order valence-corrected chi connectivity index (χ1v) is 9.53. The van der Waals surface area contributed by atoms with E-state index in [4.69, 9.17) is 5.73 Å². The van der Waals surface area contributed by atoms with E-state index in [2.05, 4.69) is 21.2 Å². The van der Waals surface area contributed by atoms with Crippen molar-refractivity contribution in [2.75, 3.05) is 5.32 Å². The Morgan fingerprint density at radius 3 is 2.46 bits per heavy atom. The summed E-state index contributed by atoms with van der Waals surface area (Å²) in [6.07, 6.45) is 7.83. The highest BCUT2D eigenvalue weighted by atomic mass is 79.9. The van der Waals surface area contributed by atoms with Crippen LogP contribution in [-0.2, 0) is 4.79 Å². The monoisotopic (exact) mass is 390 g/mol. The third-order valence-electron chi connectivity index (χ3n) is 6.11. The molecule has 1 aromatic rings. The zero-order valence-corrected chi connectivity index (χ0v) is 15.3. The fourth-order valence-electron chi connectivity index (χ4n) is 5.88. The predicted molar refractivity (Wildman–Crippen MR) is 97.0 cm³/mol. The Morgan fingerprint density at radius 2 is 1.83 bits per heavy atom. The van der Waals surface area contributed by atoms with E-state index in [1.807, 2.05) is 0 Å². The molecule has 5 rings (SSSR count). The largest absolute Gasteiger partial charge is 0.366 e. The van der Waals surface area contributed by atoms with Gasteiger partial charge in [0, 0.05) is 10.7 Å². The number of para-hydroxylation sites is 1. The standard InChI is InChI=1S/C19H23BrN2O2/c20-19-8-12-5-13(9-19)7-18(6-12,11-19)10-16(23)22-15-4-2-1-3-14(15)17(21)24/h1-4,12-13H,5-11H2,(H2,21,24)(H,22,23)/t12-,13-,18?,19?/m1/s1. The molecule has 128 valence electrons. The number of hydrogen-bond acceptors (Lipinski definition) is 2. The molecule has 5 heteroatoms. The molecule has 4 aliphatic rings. The molecule has 0 aromatic heterocycles. The van der Waals surface area contributed by atoms with Crippen LogP contribution in [0.5, 0.6) is 0 Å². The van der Waals surface area contributed by atoms with Gasteiger partial charge in [-0.05, 0) is 67.9 Å². The van der Waals surface area contributed by atoms with Crippen molar-refractivity contribution >= 4 is 33.4 Å². The average molecular weight is 391 g/mol. The lowest BCUT2D eigenvalue weighted by Crippen LogP contribution is -2.53. The molecule has 0 spiro atoms. The van der Waals surface area contributed by atoms with Gasteiger partial charge in [-0.3, -0.25) is 9.59 Å². The minimum absolute atomic E-state index is 0.00162. The third-order valence-corrected chi connectivity index (χ3v) is 7.04. The Labute approximate surface area is 150 Å². The van der Waals surface area contributed by atoms with Gasteiger partial charge in [0.25, 0.3) is 5.91 Å². The summed E-state index contributed by atoms with van der Waals surface area (Å²) in [5.41, 5.74) is 6.41. The van der Waals surface area contributed by atoms with Crippen molar-refractivity contribution in [1.29, 1.82) is 0 Å². The molecule has 2 amide bonds. The van der Waals surface area contributed by atoms with Gasteiger partial charge in [0.2, 0.25) is 5.91 Å². The molecule has 4 nitrogen and oxygen atoms in total. The summed E-state index contributed by atoms with van der Waals surface area (Å²) in [5, 5.41) is 2.92. The molecule has 1 aromatic carbocycles. The number of carbonyl (C=O) groups excluding carboxylic acids is 2.